The van der Waals surface area contributed by atoms with Crippen LogP contribution >= 0.6 is 0 Å². The lowest BCUT2D eigenvalue weighted by atomic mass is 9.98. The average molecular weight is 607 g/mol. The van der Waals surface area contributed by atoms with Crippen molar-refractivity contribution < 1.29 is 0 Å². The maximum absolute atomic E-state index is 4.71. The van der Waals surface area contributed by atoms with Crippen LogP contribution in [0.25, 0.3) is 77.2 Å². The zero-order valence-electron chi connectivity index (χ0n) is 27.0. The molecule has 0 atom stereocenters. The molecular weight excluding hydrogens is 571 g/mol. The highest BCUT2D eigenvalue weighted by molar-refractivity contribution is 6.20. The van der Waals surface area contributed by atoms with Crippen molar-refractivity contribution in [1.29, 1.82) is 0 Å². The van der Waals surface area contributed by atoms with E-state index in [4.69, 9.17) is 4.98 Å². The molecule has 2 aromatic heterocycles. The van der Waals surface area contributed by atoms with Crippen molar-refractivity contribution in [3.63, 3.8) is 0 Å². The minimum atomic E-state index is 0.929. The molecule has 0 fully saturated rings. The van der Waals surface area contributed by atoms with E-state index in [9.17, 15) is 0 Å². The number of hydrogen-bond donors (Lipinski definition) is 0. The normalized spacial score (nSPS) is 12.4. The van der Waals surface area contributed by atoms with E-state index in [0.717, 1.165) is 28.1 Å². The molecule has 5 aromatic carbocycles. The topological polar surface area (TPSA) is 31.9 Å². The first-order chi connectivity index (χ1) is 23.2. The highest BCUT2D eigenvalue weighted by Gasteiger charge is 2.17. The summed E-state index contributed by atoms with van der Waals surface area (Å²) in [5.74, 6) is 0. The zero-order valence-corrected chi connectivity index (χ0v) is 27.0. The number of benzene rings is 5. The van der Waals surface area contributed by atoms with Crippen molar-refractivity contribution >= 4 is 56.3 Å². The van der Waals surface area contributed by atoms with Gasteiger partial charge in [-0.15, -0.1) is 4.67 Å². The fourth-order valence-electron chi connectivity index (χ4n) is 6.46. The number of aromatic nitrogens is 2. The fourth-order valence-corrected chi connectivity index (χ4v) is 6.46. The quantitative estimate of drug-likeness (QED) is 0.137. The van der Waals surface area contributed by atoms with E-state index >= 15 is 0 Å². The number of rotatable bonds is 6. The van der Waals surface area contributed by atoms with Gasteiger partial charge in [-0.1, -0.05) is 124 Å². The lowest BCUT2D eigenvalue weighted by molar-refractivity contribution is 1.24. The Morgan fingerprint density at radius 2 is 1.32 bits per heavy atom. The van der Waals surface area contributed by atoms with Gasteiger partial charge in [0.25, 0.3) is 6.21 Å². The molecular formula is C44H36N3+. The second-order valence-corrected chi connectivity index (χ2v) is 11.3. The smallest absolute Gasteiger partial charge is 0.302 e. The van der Waals surface area contributed by atoms with Gasteiger partial charge in [-0.05, 0) is 64.4 Å². The first kappa shape index (κ1) is 29.7. The molecule has 226 valence electrons. The standard InChI is InChI=1S/C42H30N3.C2H6/c1-3-36(4-2)45-41-25-32(30-12-10-29(11-13-30)28-8-6-5-7-9-28)15-19-38(41)39-20-16-33-24-31(14-18-37(33)42(39)45)34-17-21-40(44-27-34)35-22-23-43-26-35;1-2/h3-27H,1H2,2H3;1-2H3/q+1;/b36-4+;. The molecule has 8 rings (SSSR count). The monoisotopic (exact) mass is 606 g/mol. The number of pyridine rings is 1. The van der Waals surface area contributed by atoms with E-state index in [1.807, 2.05) is 38.4 Å². The SMILES string of the molecule is C=C/C(=C\C)n1c2cc(-c3ccc(-c4ccccc4)cc3)ccc2c2ccc3cc(-c4ccc(C5=CC=[N+]=C5)nc4)ccc3c21.CC. The van der Waals surface area contributed by atoms with Crippen molar-refractivity contribution in [3.05, 3.63) is 152 Å². The molecule has 0 bridgehead atoms. The van der Waals surface area contributed by atoms with Crippen LogP contribution in [0.2, 0.25) is 0 Å². The third kappa shape index (κ3) is 5.33. The summed E-state index contributed by atoms with van der Waals surface area (Å²) in [4.78, 5) is 4.71. The number of fused-ring (bicyclic) bond motifs is 5. The molecule has 0 aliphatic carbocycles. The lowest BCUT2D eigenvalue weighted by Gasteiger charge is -2.12. The van der Waals surface area contributed by atoms with Gasteiger partial charge < -0.3 is 4.57 Å². The minimum absolute atomic E-state index is 0.929. The van der Waals surface area contributed by atoms with Gasteiger partial charge in [0.15, 0.2) is 0 Å². The molecule has 0 saturated heterocycles. The maximum atomic E-state index is 4.71. The van der Waals surface area contributed by atoms with Crippen LogP contribution in [0.5, 0.6) is 0 Å². The number of allylic oxidation sites excluding steroid dienone is 5. The largest absolute Gasteiger partial charge is 0.309 e. The van der Waals surface area contributed by atoms with Crippen LogP contribution in [0.4, 0.5) is 0 Å². The summed E-state index contributed by atoms with van der Waals surface area (Å²) in [7, 11) is 0. The van der Waals surface area contributed by atoms with Gasteiger partial charge in [0.1, 0.15) is 0 Å². The highest BCUT2D eigenvalue weighted by Crippen LogP contribution is 2.39. The number of hydrogen-bond acceptors (Lipinski definition) is 1. The predicted molar refractivity (Wildman–Crippen MR) is 205 cm³/mol. The molecule has 0 radical (unpaired) electrons. The molecule has 0 amide bonds. The molecule has 3 heteroatoms. The van der Waals surface area contributed by atoms with Crippen LogP contribution in [-0.4, -0.2) is 22.0 Å². The summed E-state index contributed by atoms with van der Waals surface area (Å²) in [6.45, 7) is 10.3. The Balaban J connectivity index is 0.00000172. The van der Waals surface area contributed by atoms with Crippen LogP contribution in [0, 0.1) is 0 Å². The molecule has 0 spiro atoms. The second kappa shape index (κ2) is 12.8. The van der Waals surface area contributed by atoms with Gasteiger partial charge in [-0.2, -0.15) is 0 Å². The van der Waals surface area contributed by atoms with Gasteiger partial charge in [0, 0.05) is 39.7 Å². The summed E-state index contributed by atoms with van der Waals surface area (Å²) in [5, 5.41) is 4.84. The predicted octanol–water partition coefficient (Wildman–Crippen LogP) is 11.0. The van der Waals surface area contributed by atoms with E-state index < -0.39 is 0 Å². The Labute approximate surface area is 275 Å². The van der Waals surface area contributed by atoms with Crippen molar-refractivity contribution in [2.24, 2.45) is 0 Å². The first-order valence-electron chi connectivity index (χ1n) is 16.2. The second-order valence-electron chi connectivity index (χ2n) is 11.3. The Morgan fingerprint density at radius 3 is 1.98 bits per heavy atom. The summed E-state index contributed by atoms with van der Waals surface area (Å²) in [5.41, 5.74) is 12.4. The highest BCUT2D eigenvalue weighted by atomic mass is 15.0. The van der Waals surface area contributed by atoms with Gasteiger partial charge in [0.2, 0.25) is 0 Å². The van der Waals surface area contributed by atoms with Crippen molar-refractivity contribution in [2.75, 3.05) is 0 Å². The van der Waals surface area contributed by atoms with Crippen molar-refractivity contribution in [3.8, 4) is 33.4 Å². The summed E-state index contributed by atoms with van der Waals surface area (Å²) < 4.78 is 6.53. The number of nitrogens with zero attached hydrogens (tertiary/aromatic N) is 3. The van der Waals surface area contributed by atoms with E-state index in [1.165, 1.54) is 54.8 Å². The fraction of sp³-hybridized carbons (Fsp3) is 0.0682. The maximum Gasteiger partial charge on any atom is 0.302 e. The van der Waals surface area contributed by atoms with Gasteiger partial charge in [-0.25, -0.2) is 0 Å². The average Bonchev–Trinajstić information content (AvgIpc) is 3.81. The van der Waals surface area contributed by atoms with Crippen LogP contribution in [-0.2, 0) is 0 Å². The van der Waals surface area contributed by atoms with Crippen molar-refractivity contribution in [2.45, 2.75) is 20.8 Å². The van der Waals surface area contributed by atoms with E-state index in [-0.39, 0.29) is 0 Å². The molecule has 0 saturated carbocycles. The van der Waals surface area contributed by atoms with Crippen molar-refractivity contribution in [1.82, 2.24) is 14.2 Å². The molecule has 1 aliphatic heterocycles. The lowest BCUT2D eigenvalue weighted by Crippen LogP contribution is -1.95. The molecule has 47 heavy (non-hydrogen) atoms. The van der Waals surface area contributed by atoms with E-state index in [1.54, 1.807) is 6.21 Å². The first-order valence-corrected chi connectivity index (χ1v) is 16.2. The Hall–Kier alpha value is -6.02. The third-order valence-corrected chi connectivity index (χ3v) is 8.78. The summed E-state index contributed by atoms with van der Waals surface area (Å²) in [6.07, 6.45) is 11.6. The Morgan fingerprint density at radius 1 is 0.681 bits per heavy atom. The molecule has 0 N–H and O–H groups in total. The Kier molecular flexibility index (Phi) is 8.06. The molecule has 7 aromatic rings. The molecule has 0 unspecified atom stereocenters. The molecule has 3 heterocycles. The third-order valence-electron chi connectivity index (χ3n) is 8.78. The Bertz CT molecular complexity index is 2400. The minimum Gasteiger partial charge on any atom is -0.309 e. The van der Waals surface area contributed by atoms with Gasteiger partial charge >= 0.3 is 6.21 Å². The van der Waals surface area contributed by atoms with Gasteiger partial charge in [-0.3, -0.25) is 4.98 Å². The summed E-state index contributed by atoms with van der Waals surface area (Å²) >= 11 is 0. The van der Waals surface area contributed by atoms with Crippen LogP contribution in [0.1, 0.15) is 26.5 Å². The van der Waals surface area contributed by atoms with Crippen LogP contribution < -0.4 is 4.67 Å². The van der Waals surface area contributed by atoms with E-state index in [2.05, 4.69) is 144 Å². The molecule has 3 nitrogen and oxygen atoms in total. The van der Waals surface area contributed by atoms with Gasteiger partial charge in [0.05, 0.1) is 22.3 Å². The molecule has 1 aliphatic rings. The summed E-state index contributed by atoms with van der Waals surface area (Å²) in [6, 6.07) is 41.6. The van der Waals surface area contributed by atoms with E-state index in [0.29, 0.717) is 0 Å². The van der Waals surface area contributed by atoms with Crippen LogP contribution in [0.15, 0.2) is 146 Å². The van der Waals surface area contributed by atoms with Crippen LogP contribution in [0.3, 0.4) is 0 Å². The zero-order chi connectivity index (χ0) is 32.3.